The highest BCUT2D eigenvalue weighted by molar-refractivity contribution is 6.26. The van der Waals surface area contributed by atoms with Crippen LogP contribution in [0.15, 0.2) is 30.3 Å². The van der Waals surface area contributed by atoms with Gasteiger partial charge in [-0.15, -0.1) is 0 Å². The Morgan fingerprint density at radius 1 is 1.12 bits per heavy atom. The van der Waals surface area contributed by atoms with Crippen LogP contribution >= 0.6 is 0 Å². The SMILES string of the molecule is CCCNc1ccc2c3c(cccc13)C(=O)N(CCCC(=O)NO)C2=O. The Kier molecular flexibility index (Phi) is 5.18. The van der Waals surface area contributed by atoms with E-state index in [9.17, 15) is 14.4 Å². The molecule has 2 aromatic rings. The summed E-state index contributed by atoms with van der Waals surface area (Å²) in [6, 6.07) is 9.04. The number of hydrogen-bond acceptors (Lipinski definition) is 5. The summed E-state index contributed by atoms with van der Waals surface area (Å²) >= 11 is 0. The Morgan fingerprint density at radius 2 is 1.85 bits per heavy atom. The van der Waals surface area contributed by atoms with Gasteiger partial charge in [-0.25, -0.2) is 5.48 Å². The van der Waals surface area contributed by atoms with Crippen LogP contribution in [0.25, 0.3) is 10.8 Å². The third-order valence-corrected chi connectivity index (χ3v) is 4.47. The number of carbonyl (C=O) groups is 3. The van der Waals surface area contributed by atoms with Gasteiger partial charge in [0.1, 0.15) is 0 Å². The quantitative estimate of drug-likeness (QED) is 0.403. The Morgan fingerprint density at radius 3 is 2.54 bits per heavy atom. The lowest BCUT2D eigenvalue weighted by atomic mass is 9.93. The fourth-order valence-electron chi connectivity index (χ4n) is 3.22. The highest BCUT2D eigenvalue weighted by atomic mass is 16.5. The topological polar surface area (TPSA) is 98.7 Å². The van der Waals surface area contributed by atoms with Gasteiger partial charge in [-0.3, -0.25) is 24.5 Å². The van der Waals surface area contributed by atoms with E-state index in [4.69, 9.17) is 5.21 Å². The maximum absolute atomic E-state index is 12.8. The molecule has 3 amide bonds. The Bertz CT molecular complexity index is 856. The number of nitrogens with zero attached hydrogens (tertiary/aromatic N) is 1. The number of nitrogens with one attached hydrogen (secondary N) is 2. The number of rotatable bonds is 7. The molecule has 0 saturated heterocycles. The van der Waals surface area contributed by atoms with Crippen LogP contribution in [-0.2, 0) is 4.79 Å². The fourth-order valence-corrected chi connectivity index (χ4v) is 3.22. The standard InChI is InChI=1S/C19H21N3O4/c1-2-10-20-15-9-8-14-17-12(15)5-3-6-13(17)18(24)22(19(14)25)11-4-7-16(23)21-26/h3,5-6,8-9,20,26H,2,4,7,10-11H2,1H3,(H,21,23). The molecule has 1 aliphatic rings. The summed E-state index contributed by atoms with van der Waals surface area (Å²) in [4.78, 5) is 37.9. The number of benzene rings is 2. The largest absolute Gasteiger partial charge is 0.385 e. The van der Waals surface area contributed by atoms with Crippen LogP contribution in [0.1, 0.15) is 46.9 Å². The molecule has 0 aliphatic carbocycles. The van der Waals surface area contributed by atoms with E-state index in [0.29, 0.717) is 16.5 Å². The van der Waals surface area contributed by atoms with Crippen molar-refractivity contribution in [1.29, 1.82) is 0 Å². The first-order chi connectivity index (χ1) is 12.6. The molecule has 26 heavy (non-hydrogen) atoms. The van der Waals surface area contributed by atoms with E-state index in [0.717, 1.165) is 24.0 Å². The lowest BCUT2D eigenvalue weighted by Crippen LogP contribution is -2.41. The maximum Gasteiger partial charge on any atom is 0.261 e. The predicted molar refractivity (Wildman–Crippen MR) is 97.3 cm³/mol. The molecule has 2 aromatic carbocycles. The molecule has 3 rings (SSSR count). The number of amides is 3. The van der Waals surface area contributed by atoms with Crippen molar-refractivity contribution in [3.63, 3.8) is 0 Å². The number of carbonyl (C=O) groups excluding carboxylic acids is 3. The summed E-state index contributed by atoms with van der Waals surface area (Å²) in [5.41, 5.74) is 3.43. The van der Waals surface area contributed by atoms with Gasteiger partial charge in [0.25, 0.3) is 11.8 Å². The Labute approximate surface area is 150 Å². The number of hydrogen-bond donors (Lipinski definition) is 3. The molecule has 0 unspecified atom stereocenters. The van der Waals surface area contributed by atoms with E-state index in [2.05, 4.69) is 12.2 Å². The molecular weight excluding hydrogens is 334 g/mol. The average Bonchev–Trinajstić information content (AvgIpc) is 2.66. The molecule has 3 N–H and O–H groups in total. The average molecular weight is 355 g/mol. The van der Waals surface area contributed by atoms with Crippen molar-refractivity contribution in [3.8, 4) is 0 Å². The highest BCUT2D eigenvalue weighted by Crippen LogP contribution is 2.34. The third kappa shape index (κ3) is 3.13. The fraction of sp³-hybridized carbons (Fsp3) is 0.316. The molecule has 0 fully saturated rings. The van der Waals surface area contributed by atoms with Crippen molar-refractivity contribution in [3.05, 3.63) is 41.5 Å². The van der Waals surface area contributed by atoms with E-state index in [1.807, 2.05) is 18.2 Å². The van der Waals surface area contributed by atoms with Crippen LogP contribution < -0.4 is 10.8 Å². The van der Waals surface area contributed by atoms with Gasteiger partial charge in [0.15, 0.2) is 0 Å². The molecule has 7 heteroatoms. The monoisotopic (exact) mass is 355 g/mol. The van der Waals surface area contributed by atoms with Crippen LogP contribution in [-0.4, -0.2) is 40.9 Å². The second-order valence-corrected chi connectivity index (χ2v) is 6.22. The zero-order valence-electron chi connectivity index (χ0n) is 14.5. The van der Waals surface area contributed by atoms with E-state index in [1.54, 1.807) is 17.6 Å². The summed E-state index contributed by atoms with van der Waals surface area (Å²) in [5, 5.41) is 13.4. The molecule has 0 spiro atoms. The molecule has 1 heterocycles. The van der Waals surface area contributed by atoms with Gasteiger partial charge in [-0.1, -0.05) is 19.1 Å². The zero-order chi connectivity index (χ0) is 18.7. The summed E-state index contributed by atoms with van der Waals surface area (Å²) in [5.74, 6) is -1.26. The summed E-state index contributed by atoms with van der Waals surface area (Å²) in [6.07, 6.45) is 1.28. The second-order valence-electron chi connectivity index (χ2n) is 6.22. The van der Waals surface area contributed by atoms with Crippen LogP contribution in [0.2, 0.25) is 0 Å². The maximum atomic E-state index is 12.8. The molecule has 0 radical (unpaired) electrons. The number of hydroxylamine groups is 1. The first-order valence-electron chi connectivity index (χ1n) is 8.67. The Hall–Kier alpha value is -2.93. The molecule has 0 saturated carbocycles. The first kappa shape index (κ1) is 17.9. The predicted octanol–water partition coefficient (Wildman–Crippen LogP) is 2.54. The molecule has 1 aliphatic heterocycles. The van der Waals surface area contributed by atoms with E-state index >= 15 is 0 Å². The molecule has 136 valence electrons. The second kappa shape index (κ2) is 7.53. The van der Waals surface area contributed by atoms with Gasteiger partial charge in [-0.2, -0.15) is 0 Å². The van der Waals surface area contributed by atoms with Crippen molar-refractivity contribution in [2.24, 2.45) is 0 Å². The van der Waals surface area contributed by atoms with Crippen molar-refractivity contribution in [2.45, 2.75) is 26.2 Å². The molecular formula is C19H21N3O4. The lowest BCUT2D eigenvalue weighted by Gasteiger charge is -2.27. The van der Waals surface area contributed by atoms with Crippen LogP contribution in [0, 0.1) is 0 Å². The van der Waals surface area contributed by atoms with Crippen molar-refractivity contribution in [1.82, 2.24) is 10.4 Å². The van der Waals surface area contributed by atoms with Crippen molar-refractivity contribution >= 4 is 34.2 Å². The van der Waals surface area contributed by atoms with E-state index < -0.39 is 5.91 Å². The van der Waals surface area contributed by atoms with Gasteiger partial charge >= 0.3 is 0 Å². The number of anilines is 1. The van der Waals surface area contributed by atoms with Gasteiger partial charge in [-0.05, 0) is 31.0 Å². The zero-order valence-corrected chi connectivity index (χ0v) is 14.5. The summed E-state index contributed by atoms with van der Waals surface area (Å²) in [6.45, 7) is 3.00. The normalized spacial score (nSPS) is 13.2. The van der Waals surface area contributed by atoms with Crippen molar-refractivity contribution < 1.29 is 19.6 Å². The van der Waals surface area contributed by atoms with Crippen molar-refractivity contribution in [2.75, 3.05) is 18.4 Å². The summed E-state index contributed by atoms with van der Waals surface area (Å²) in [7, 11) is 0. The molecule has 0 aromatic heterocycles. The smallest absolute Gasteiger partial charge is 0.261 e. The molecule has 0 bridgehead atoms. The minimum Gasteiger partial charge on any atom is -0.385 e. The lowest BCUT2D eigenvalue weighted by molar-refractivity contribution is -0.129. The minimum atomic E-state index is -0.545. The summed E-state index contributed by atoms with van der Waals surface area (Å²) < 4.78 is 0. The third-order valence-electron chi connectivity index (χ3n) is 4.47. The van der Waals surface area contributed by atoms with Gasteiger partial charge < -0.3 is 5.32 Å². The van der Waals surface area contributed by atoms with E-state index in [-0.39, 0.29) is 31.2 Å². The van der Waals surface area contributed by atoms with Crippen LogP contribution in [0.3, 0.4) is 0 Å². The molecule has 7 nitrogen and oxygen atoms in total. The van der Waals surface area contributed by atoms with Crippen LogP contribution in [0.4, 0.5) is 5.69 Å². The van der Waals surface area contributed by atoms with Crippen LogP contribution in [0.5, 0.6) is 0 Å². The molecule has 0 atom stereocenters. The van der Waals surface area contributed by atoms with Gasteiger partial charge in [0, 0.05) is 47.1 Å². The van der Waals surface area contributed by atoms with E-state index in [1.165, 1.54) is 4.90 Å². The Balaban J connectivity index is 1.95. The minimum absolute atomic E-state index is 0.0322. The van der Waals surface area contributed by atoms with Gasteiger partial charge in [0.05, 0.1) is 0 Å². The first-order valence-corrected chi connectivity index (χ1v) is 8.67. The number of imide groups is 1. The van der Waals surface area contributed by atoms with Gasteiger partial charge in [0.2, 0.25) is 5.91 Å². The highest BCUT2D eigenvalue weighted by Gasteiger charge is 2.32.